The van der Waals surface area contributed by atoms with Gasteiger partial charge in [-0.15, -0.1) is 0 Å². The van der Waals surface area contributed by atoms with E-state index < -0.39 is 6.10 Å². The molecular formula is C30H30N2O3. The molecule has 1 N–H and O–H groups in total. The summed E-state index contributed by atoms with van der Waals surface area (Å²) >= 11 is 0. The minimum atomic E-state index is -0.453. The second kappa shape index (κ2) is 10.2. The van der Waals surface area contributed by atoms with Gasteiger partial charge < -0.3 is 14.4 Å². The molecular weight excluding hydrogens is 436 g/mol. The van der Waals surface area contributed by atoms with Crippen LogP contribution in [0, 0.1) is 13.8 Å². The van der Waals surface area contributed by atoms with Crippen LogP contribution in [0.1, 0.15) is 40.6 Å². The monoisotopic (exact) mass is 466 g/mol. The Morgan fingerprint density at radius 2 is 1.71 bits per heavy atom. The van der Waals surface area contributed by atoms with Gasteiger partial charge in [0.25, 0.3) is 0 Å². The van der Waals surface area contributed by atoms with Gasteiger partial charge >= 0.3 is 0 Å². The van der Waals surface area contributed by atoms with E-state index >= 15 is 0 Å². The number of aryl methyl sites for hydroxylation is 2. The number of benzene rings is 3. The summed E-state index contributed by atoms with van der Waals surface area (Å²) < 4.78 is 11.6. The summed E-state index contributed by atoms with van der Waals surface area (Å²) in [5.74, 6) is 0.679. The number of aliphatic hydroxyl groups is 1. The van der Waals surface area contributed by atoms with Gasteiger partial charge in [0.15, 0.2) is 0 Å². The van der Waals surface area contributed by atoms with Gasteiger partial charge in [-0.1, -0.05) is 78.0 Å². The molecule has 0 saturated heterocycles. The highest BCUT2D eigenvalue weighted by Gasteiger charge is 2.29. The molecule has 2 heterocycles. The maximum Gasteiger partial charge on any atom is 0.237 e. The van der Waals surface area contributed by atoms with E-state index in [2.05, 4.69) is 47.6 Å². The van der Waals surface area contributed by atoms with Crippen LogP contribution in [-0.2, 0) is 17.6 Å². The number of hydrogen-bond acceptors (Lipinski definition) is 5. The van der Waals surface area contributed by atoms with Gasteiger partial charge in [0.1, 0.15) is 6.26 Å². The first-order valence-corrected chi connectivity index (χ1v) is 12.0. The molecule has 2 unspecified atom stereocenters. The predicted molar refractivity (Wildman–Crippen MR) is 138 cm³/mol. The largest absolute Gasteiger partial charge is 0.472 e. The van der Waals surface area contributed by atoms with Gasteiger partial charge in [-0.25, -0.2) is 0 Å². The normalized spacial score (nSPS) is 15.9. The zero-order valence-corrected chi connectivity index (χ0v) is 20.1. The fraction of sp³-hybridized carbons (Fsp3) is 0.233. The average molecular weight is 467 g/mol. The number of aromatic nitrogens is 1. The molecule has 0 spiro atoms. The van der Waals surface area contributed by atoms with Crippen LogP contribution in [0.5, 0.6) is 0 Å². The lowest BCUT2D eigenvalue weighted by molar-refractivity contribution is 0.163. The number of anilines is 1. The number of hydrogen-bond donors (Lipinski definition) is 1. The van der Waals surface area contributed by atoms with E-state index in [1.54, 1.807) is 6.26 Å². The molecule has 0 saturated carbocycles. The van der Waals surface area contributed by atoms with Crippen molar-refractivity contribution in [2.24, 2.45) is 0 Å². The third-order valence-electron chi connectivity index (χ3n) is 6.61. The van der Waals surface area contributed by atoms with Crippen molar-refractivity contribution in [3.63, 3.8) is 0 Å². The molecule has 4 aromatic rings. The van der Waals surface area contributed by atoms with Crippen LogP contribution in [0.25, 0.3) is 11.1 Å². The van der Waals surface area contributed by atoms with Gasteiger partial charge in [-0.3, -0.25) is 4.90 Å². The van der Waals surface area contributed by atoms with Crippen LogP contribution in [0.15, 0.2) is 95.8 Å². The molecule has 3 aromatic carbocycles. The van der Waals surface area contributed by atoms with Gasteiger partial charge in [0.05, 0.1) is 11.8 Å². The Labute approximate surface area is 206 Å². The third-order valence-corrected chi connectivity index (χ3v) is 6.61. The third kappa shape index (κ3) is 5.00. The summed E-state index contributed by atoms with van der Waals surface area (Å²) in [6.45, 7) is 3.93. The van der Waals surface area contributed by atoms with E-state index in [1.807, 2.05) is 61.3 Å². The Kier molecular flexibility index (Phi) is 6.68. The summed E-state index contributed by atoms with van der Waals surface area (Å²) in [5, 5.41) is 15.1. The lowest BCUT2D eigenvalue weighted by Crippen LogP contribution is -2.21. The molecule has 0 aliphatic carbocycles. The van der Waals surface area contributed by atoms with Crippen molar-refractivity contribution in [3.05, 3.63) is 119 Å². The van der Waals surface area contributed by atoms with Gasteiger partial charge in [-0.2, -0.15) is 0 Å². The van der Waals surface area contributed by atoms with Crippen molar-refractivity contribution in [2.75, 3.05) is 4.90 Å². The van der Waals surface area contributed by atoms with Gasteiger partial charge in [-0.05, 0) is 61.4 Å². The highest BCUT2D eigenvalue weighted by molar-refractivity contribution is 5.68. The van der Waals surface area contributed by atoms with Crippen molar-refractivity contribution in [1.29, 1.82) is 0 Å². The summed E-state index contributed by atoms with van der Waals surface area (Å²) in [6.07, 6.45) is 4.85. The molecule has 0 bridgehead atoms. The fourth-order valence-corrected chi connectivity index (χ4v) is 4.55. The van der Waals surface area contributed by atoms with Crippen LogP contribution >= 0.6 is 0 Å². The SMILES string of the molecule is Cc1noc(N2C=COC2c2ccc(-c3ccccc3)c(CC(O)CCc3ccccc3)c2)c1C. The topological polar surface area (TPSA) is 58.7 Å². The highest BCUT2D eigenvalue weighted by atomic mass is 16.5. The molecule has 5 heteroatoms. The standard InChI is InChI=1S/C30H30N2O3/c1-21-22(2)31-35-29(21)32-17-18-34-30(32)25-14-16-28(24-11-7-4-8-12-24)26(19-25)20-27(33)15-13-23-9-5-3-6-10-23/h3-12,14,16-19,27,30,33H,13,15,20H2,1-2H3. The van der Waals surface area contributed by atoms with Crippen LogP contribution in [0.3, 0.4) is 0 Å². The molecule has 1 aliphatic heterocycles. The second-order valence-electron chi connectivity index (χ2n) is 9.04. The van der Waals surface area contributed by atoms with Crippen LogP contribution in [-0.4, -0.2) is 16.4 Å². The molecule has 5 nitrogen and oxygen atoms in total. The Morgan fingerprint density at radius 1 is 0.971 bits per heavy atom. The van der Waals surface area contributed by atoms with Crippen LogP contribution in [0.2, 0.25) is 0 Å². The number of nitrogens with zero attached hydrogens (tertiary/aromatic N) is 2. The maximum atomic E-state index is 11.0. The number of ether oxygens (including phenoxy) is 1. The smallest absolute Gasteiger partial charge is 0.237 e. The van der Waals surface area contributed by atoms with Crippen LogP contribution in [0.4, 0.5) is 5.88 Å². The first kappa shape index (κ1) is 22.9. The van der Waals surface area contributed by atoms with Crippen molar-refractivity contribution < 1.29 is 14.4 Å². The minimum Gasteiger partial charge on any atom is -0.472 e. The summed E-state index contributed by atoms with van der Waals surface area (Å²) in [4.78, 5) is 1.96. The zero-order chi connectivity index (χ0) is 24.2. The molecule has 5 rings (SSSR count). The minimum absolute atomic E-state index is 0.355. The highest BCUT2D eigenvalue weighted by Crippen LogP contribution is 2.37. The molecule has 1 aromatic heterocycles. The van der Waals surface area contributed by atoms with Crippen molar-refractivity contribution >= 4 is 5.88 Å². The predicted octanol–water partition coefficient (Wildman–Crippen LogP) is 6.50. The second-order valence-corrected chi connectivity index (χ2v) is 9.04. The Balaban J connectivity index is 1.43. The Morgan fingerprint density at radius 3 is 2.43 bits per heavy atom. The van der Waals surface area contributed by atoms with E-state index in [1.165, 1.54) is 5.56 Å². The van der Waals surface area contributed by atoms with Crippen molar-refractivity contribution in [1.82, 2.24) is 5.16 Å². The van der Waals surface area contributed by atoms with Gasteiger partial charge in [0, 0.05) is 17.3 Å². The van der Waals surface area contributed by atoms with Crippen molar-refractivity contribution in [3.8, 4) is 11.1 Å². The fourth-order valence-electron chi connectivity index (χ4n) is 4.55. The van der Waals surface area contributed by atoms with Crippen molar-refractivity contribution in [2.45, 2.75) is 45.4 Å². The molecule has 0 amide bonds. The zero-order valence-electron chi connectivity index (χ0n) is 20.1. The summed E-state index contributed by atoms with van der Waals surface area (Å²) in [5.41, 5.74) is 7.43. The number of aliphatic hydroxyl groups excluding tert-OH is 1. The summed E-state index contributed by atoms with van der Waals surface area (Å²) in [7, 11) is 0. The van der Waals surface area contributed by atoms with E-state index in [0.717, 1.165) is 39.9 Å². The molecule has 178 valence electrons. The van der Waals surface area contributed by atoms with E-state index in [0.29, 0.717) is 18.7 Å². The van der Waals surface area contributed by atoms with E-state index in [9.17, 15) is 5.11 Å². The summed E-state index contributed by atoms with van der Waals surface area (Å²) in [6, 6.07) is 27.0. The van der Waals surface area contributed by atoms with E-state index in [4.69, 9.17) is 9.26 Å². The number of rotatable bonds is 8. The molecule has 0 fully saturated rings. The lowest BCUT2D eigenvalue weighted by atomic mass is 9.92. The Hall–Kier alpha value is -3.83. The molecule has 1 aliphatic rings. The molecule has 35 heavy (non-hydrogen) atoms. The quantitative estimate of drug-likeness (QED) is 0.321. The average Bonchev–Trinajstić information content (AvgIpc) is 3.50. The van der Waals surface area contributed by atoms with Gasteiger partial charge in [0.2, 0.25) is 12.1 Å². The first-order valence-electron chi connectivity index (χ1n) is 12.0. The maximum absolute atomic E-state index is 11.0. The first-order chi connectivity index (χ1) is 17.1. The van der Waals surface area contributed by atoms with Crippen LogP contribution < -0.4 is 4.90 Å². The molecule has 0 radical (unpaired) electrons. The molecule has 2 atom stereocenters. The van der Waals surface area contributed by atoms with E-state index in [-0.39, 0.29) is 6.23 Å². The Bertz CT molecular complexity index is 1300. The lowest BCUT2D eigenvalue weighted by Gasteiger charge is -2.24.